The minimum atomic E-state index is -4.53. The molecule has 0 bridgehead atoms. The molecule has 28 heavy (non-hydrogen) atoms. The molecule has 5 nitrogen and oxygen atoms in total. The maximum Gasteiger partial charge on any atom is 0.416 e. The summed E-state index contributed by atoms with van der Waals surface area (Å²) in [4.78, 5) is 2.28. The number of benzene rings is 1. The van der Waals surface area contributed by atoms with Gasteiger partial charge in [0.1, 0.15) is 22.9 Å². The van der Waals surface area contributed by atoms with E-state index in [-0.39, 0.29) is 16.8 Å². The number of likely N-dealkylation sites (tertiary alicyclic amines) is 1. The Balaban J connectivity index is 1.92. The van der Waals surface area contributed by atoms with E-state index in [1.54, 1.807) is 6.07 Å². The minimum absolute atomic E-state index is 0.225. The van der Waals surface area contributed by atoms with Crippen molar-refractivity contribution in [1.29, 1.82) is 0 Å². The first-order chi connectivity index (χ1) is 13.2. The predicted molar refractivity (Wildman–Crippen MR) is 99.3 cm³/mol. The topological polar surface area (TPSA) is 58.5 Å². The number of rotatable bonds is 4. The van der Waals surface area contributed by atoms with Crippen molar-refractivity contribution in [3.8, 4) is 22.8 Å². The van der Waals surface area contributed by atoms with Crippen LogP contribution in [0.15, 0.2) is 18.2 Å². The van der Waals surface area contributed by atoms with Crippen LogP contribution in [0.5, 0.6) is 11.5 Å². The third kappa shape index (κ3) is 4.38. The minimum Gasteiger partial charge on any atom is -0.507 e. The van der Waals surface area contributed by atoms with Crippen molar-refractivity contribution in [2.45, 2.75) is 32.4 Å². The third-order valence-corrected chi connectivity index (χ3v) is 5.15. The summed E-state index contributed by atoms with van der Waals surface area (Å²) in [6.07, 6.45) is -1.57. The Kier molecular flexibility index (Phi) is 5.79. The normalized spacial score (nSPS) is 18.3. The molecule has 2 aromatic rings. The van der Waals surface area contributed by atoms with Crippen molar-refractivity contribution < 1.29 is 23.0 Å². The lowest BCUT2D eigenvalue weighted by Gasteiger charge is -2.29. The zero-order valence-corrected chi connectivity index (χ0v) is 16.2. The van der Waals surface area contributed by atoms with Gasteiger partial charge in [-0.05, 0) is 63.4 Å². The molecule has 0 amide bonds. The second-order valence-electron chi connectivity index (χ2n) is 7.40. The van der Waals surface area contributed by atoms with E-state index >= 15 is 0 Å². The Hall–Kier alpha value is -2.35. The average Bonchev–Trinajstić information content (AvgIpc) is 2.61. The van der Waals surface area contributed by atoms with Gasteiger partial charge in [-0.25, -0.2) is 0 Å². The number of hydrogen-bond acceptors (Lipinski definition) is 5. The van der Waals surface area contributed by atoms with E-state index < -0.39 is 17.5 Å². The molecule has 1 aromatic carbocycles. The first-order valence-electron chi connectivity index (χ1n) is 9.19. The number of nitrogens with zero attached hydrogens (tertiary/aromatic N) is 3. The Morgan fingerprint density at radius 2 is 2.00 bits per heavy atom. The van der Waals surface area contributed by atoms with Crippen LogP contribution >= 0.6 is 0 Å². The van der Waals surface area contributed by atoms with Crippen LogP contribution in [0.2, 0.25) is 0 Å². The van der Waals surface area contributed by atoms with Gasteiger partial charge in [0.05, 0.1) is 12.7 Å². The molecule has 1 aliphatic heterocycles. The van der Waals surface area contributed by atoms with Crippen LogP contribution in [0.1, 0.15) is 29.7 Å². The second kappa shape index (κ2) is 7.95. The monoisotopic (exact) mass is 395 g/mol. The van der Waals surface area contributed by atoms with Crippen molar-refractivity contribution in [2.24, 2.45) is 5.92 Å². The first kappa shape index (κ1) is 20.4. The van der Waals surface area contributed by atoms with Gasteiger partial charge in [0.25, 0.3) is 0 Å². The molecule has 1 N–H and O–H groups in total. The lowest BCUT2D eigenvalue weighted by Crippen LogP contribution is -2.33. The van der Waals surface area contributed by atoms with Crippen molar-refractivity contribution in [3.63, 3.8) is 0 Å². The van der Waals surface area contributed by atoms with Crippen molar-refractivity contribution in [2.75, 3.05) is 27.2 Å². The van der Waals surface area contributed by atoms with Gasteiger partial charge in [-0.15, -0.1) is 5.10 Å². The summed E-state index contributed by atoms with van der Waals surface area (Å²) >= 11 is 0. The molecule has 1 atom stereocenters. The summed E-state index contributed by atoms with van der Waals surface area (Å²) in [5, 5.41) is 18.6. The Morgan fingerprint density at radius 3 is 2.61 bits per heavy atom. The Morgan fingerprint density at radius 1 is 1.25 bits per heavy atom. The summed E-state index contributed by atoms with van der Waals surface area (Å²) in [6.45, 7) is 3.57. The molecule has 1 aliphatic rings. The van der Waals surface area contributed by atoms with Crippen LogP contribution in [-0.4, -0.2) is 47.5 Å². The molecule has 0 aliphatic carbocycles. The van der Waals surface area contributed by atoms with E-state index in [2.05, 4.69) is 22.1 Å². The predicted octanol–water partition coefficient (Wildman–Crippen LogP) is 4.07. The number of halogens is 3. The quantitative estimate of drug-likeness (QED) is 0.846. The number of aromatic hydroxyl groups is 1. The number of phenols is 1. The fourth-order valence-electron chi connectivity index (χ4n) is 3.82. The van der Waals surface area contributed by atoms with Crippen LogP contribution in [0.3, 0.4) is 0 Å². The number of ether oxygens (including phenoxy) is 1. The molecule has 0 spiro atoms. The average molecular weight is 395 g/mol. The highest BCUT2D eigenvalue weighted by atomic mass is 19.4. The van der Waals surface area contributed by atoms with Gasteiger partial charge in [0.2, 0.25) is 0 Å². The number of aromatic nitrogens is 2. The zero-order chi connectivity index (χ0) is 20.5. The molecular weight excluding hydrogens is 371 g/mol. The van der Waals surface area contributed by atoms with Crippen LogP contribution in [0.4, 0.5) is 13.2 Å². The van der Waals surface area contributed by atoms with Gasteiger partial charge in [-0.3, -0.25) is 0 Å². The van der Waals surface area contributed by atoms with Gasteiger partial charge < -0.3 is 14.7 Å². The lowest BCUT2D eigenvalue weighted by atomic mass is 9.93. The van der Waals surface area contributed by atoms with Gasteiger partial charge in [0.15, 0.2) is 0 Å². The summed E-state index contributed by atoms with van der Waals surface area (Å²) in [5.41, 5.74) is 0.595. The number of aryl methyl sites for hydroxylation is 1. The van der Waals surface area contributed by atoms with E-state index in [9.17, 15) is 18.3 Å². The first-order valence-corrected chi connectivity index (χ1v) is 9.19. The molecule has 0 unspecified atom stereocenters. The molecule has 1 aromatic heterocycles. The maximum absolute atomic E-state index is 12.9. The SMILES string of the molecule is COc1cc(-c2c(C)cc(C(F)(F)F)cc2O)nnc1C[C@H]1CCCN(C)C1. The van der Waals surface area contributed by atoms with E-state index in [1.807, 2.05) is 0 Å². The number of methoxy groups -OCH3 is 1. The summed E-state index contributed by atoms with van der Waals surface area (Å²) < 4.78 is 44.3. The number of hydrogen-bond donors (Lipinski definition) is 1. The summed E-state index contributed by atoms with van der Waals surface area (Å²) in [5.74, 6) is 0.497. The fourth-order valence-corrected chi connectivity index (χ4v) is 3.82. The largest absolute Gasteiger partial charge is 0.507 e. The summed E-state index contributed by atoms with van der Waals surface area (Å²) in [7, 11) is 3.62. The highest BCUT2D eigenvalue weighted by Crippen LogP contribution is 2.39. The molecular formula is C20H24F3N3O2. The van der Waals surface area contributed by atoms with E-state index in [1.165, 1.54) is 14.0 Å². The van der Waals surface area contributed by atoms with Gasteiger partial charge in [-0.1, -0.05) is 0 Å². The van der Waals surface area contributed by atoms with E-state index in [4.69, 9.17) is 4.74 Å². The van der Waals surface area contributed by atoms with Gasteiger partial charge >= 0.3 is 6.18 Å². The molecule has 1 fully saturated rings. The fraction of sp³-hybridized carbons (Fsp3) is 0.500. The molecule has 1 saturated heterocycles. The Bertz CT molecular complexity index is 832. The van der Waals surface area contributed by atoms with Crippen LogP contribution < -0.4 is 4.74 Å². The van der Waals surface area contributed by atoms with E-state index in [0.29, 0.717) is 17.7 Å². The van der Waals surface area contributed by atoms with Crippen LogP contribution in [0, 0.1) is 12.8 Å². The maximum atomic E-state index is 12.9. The Labute approximate surface area is 162 Å². The van der Waals surface area contributed by atoms with Crippen molar-refractivity contribution in [3.05, 3.63) is 35.0 Å². The number of phenolic OH excluding ortho intramolecular Hbond substituents is 1. The van der Waals surface area contributed by atoms with Gasteiger partial charge in [-0.2, -0.15) is 18.3 Å². The molecule has 8 heteroatoms. The smallest absolute Gasteiger partial charge is 0.416 e. The lowest BCUT2D eigenvalue weighted by molar-refractivity contribution is -0.137. The standard InChI is InChI=1S/C20H24F3N3O2/c1-12-7-14(20(21,22)23)9-17(27)19(12)16-10-18(28-3)15(24-25-16)8-13-5-4-6-26(2)11-13/h7,9-10,13,27H,4-6,8,11H2,1-3H3/t13-/m1/s1. The molecule has 2 heterocycles. The second-order valence-corrected chi connectivity index (χ2v) is 7.40. The number of piperidine rings is 1. The van der Waals surface area contributed by atoms with Crippen molar-refractivity contribution in [1.82, 2.24) is 15.1 Å². The van der Waals surface area contributed by atoms with Crippen LogP contribution in [-0.2, 0) is 12.6 Å². The van der Waals surface area contributed by atoms with E-state index in [0.717, 1.165) is 44.1 Å². The number of alkyl halides is 3. The highest BCUT2D eigenvalue weighted by molar-refractivity contribution is 5.72. The van der Waals surface area contributed by atoms with Crippen LogP contribution in [0.25, 0.3) is 11.3 Å². The molecule has 0 saturated carbocycles. The van der Waals surface area contributed by atoms with Crippen molar-refractivity contribution >= 4 is 0 Å². The summed E-state index contributed by atoms with van der Waals surface area (Å²) in [6, 6.07) is 3.33. The molecule has 152 valence electrons. The molecule has 3 rings (SSSR count). The highest BCUT2D eigenvalue weighted by Gasteiger charge is 2.32. The third-order valence-electron chi connectivity index (χ3n) is 5.15. The zero-order valence-electron chi connectivity index (χ0n) is 16.2. The van der Waals surface area contributed by atoms with Gasteiger partial charge in [0, 0.05) is 18.2 Å². The molecule has 0 radical (unpaired) electrons.